The SMILES string of the molecule is O=C(c1nn2c(C(F)(F)F)cc(-c3ccccc3)nc2c1Br)N1CC[NH+]2CCCC2C1. The number of nitrogens with zero attached hydrogens (tertiary/aromatic N) is 4. The van der Waals surface area contributed by atoms with Crippen LogP contribution in [0, 0.1) is 0 Å². The van der Waals surface area contributed by atoms with Crippen molar-refractivity contribution in [2.24, 2.45) is 0 Å². The first-order valence-electron chi connectivity index (χ1n) is 10.2. The fraction of sp³-hybridized carbons (Fsp3) is 0.381. The zero-order valence-electron chi connectivity index (χ0n) is 16.5. The van der Waals surface area contributed by atoms with Gasteiger partial charge in [-0.25, -0.2) is 9.50 Å². The van der Waals surface area contributed by atoms with Crippen molar-refractivity contribution in [1.29, 1.82) is 0 Å². The van der Waals surface area contributed by atoms with Crippen LogP contribution in [0.1, 0.15) is 29.0 Å². The number of piperazine rings is 1. The summed E-state index contributed by atoms with van der Waals surface area (Å²) in [5, 5.41) is 4.06. The second-order valence-corrected chi connectivity index (χ2v) is 8.83. The molecule has 0 aliphatic carbocycles. The summed E-state index contributed by atoms with van der Waals surface area (Å²) in [5.41, 5.74) is -0.312. The van der Waals surface area contributed by atoms with Crippen molar-refractivity contribution in [3.05, 3.63) is 52.3 Å². The minimum Gasteiger partial charge on any atom is -0.330 e. The summed E-state index contributed by atoms with van der Waals surface area (Å²) >= 11 is 3.32. The van der Waals surface area contributed by atoms with Gasteiger partial charge in [0.25, 0.3) is 5.91 Å². The van der Waals surface area contributed by atoms with Crippen molar-refractivity contribution in [3.8, 4) is 11.3 Å². The lowest BCUT2D eigenvalue weighted by Gasteiger charge is -2.34. The number of nitrogens with one attached hydrogen (secondary N) is 1. The summed E-state index contributed by atoms with van der Waals surface area (Å²) in [7, 11) is 0. The zero-order valence-corrected chi connectivity index (χ0v) is 18.1. The molecule has 1 amide bonds. The number of carbonyl (C=O) groups is 1. The van der Waals surface area contributed by atoms with E-state index in [-0.39, 0.29) is 27.4 Å². The molecule has 0 saturated carbocycles. The molecule has 2 aliphatic heterocycles. The third-order valence-electron chi connectivity index (χ3n) is 6.15. The van der Waals surface area contributed by atoms with Gasteiger partial charge in [0.1, 0.15) is 6.04 Å². The lowest BCUT2D eigenvalue weighted by Crippen LogP contribution is -3.16. The number of rotatable bonds is 2. The summed E-state index contributed by atoms with van der Waals surface area (Å²) < 4.78 is 42.5. The standard InChI is InChI=1S/C21H19BrF3N5O/c22-17-18(20(31)29-10-9-28-8-4-7-14(28)12-29)27-30-16(21(23,24)25)11-15(26-19(17)30)13-5-2-1-3-6-13/h1-3,5-6,11,14H,4,7-10,12H2/p+1. The first-order chi connectivity index (χ1) is 14.8. The van der Waals surface area contributed by atoms with Crippen molar-refractivity contribution in [2.45, 2.75) is 25.1 Å². The second kappa shape index (κ2) is 7.59. The Hall–Kier alpha value is -2.46. The van der Waals surface area contributed by atoms with Gasteiger partial charge in [0.15, 0.2) is 17.0 Å². The van der Waals surface area contributed by atoms with Gasteiger partial charge >= 0.3 is 6.18 Å². The molecule has 2 aliphatic rings. The summed E-state index contributed by atoms with van der Waals surface area (Å²) in [6, 6.07) is 10.00. The van der Waals surface area contributed by atoms with Crippen LogP contribution < -0.4 is 4.90 Å². The molecule has 2 aromatic heterocycles. The topological polar surface area (TPSA) is 54.9 Å². The van der Waals surface area contributed by atoms with Crippen LogP contribution in [0.5, 0.6) is 0 Å². The van der Waals surface area contributed by atoms with Gasteiger partial charge in [-0.05, 0) is 22.0 Å². The minimum absolute atomic E-state index is 0.0258. The van der Waals surface area contributed by atoms with E-state index in [0.29, 0.717) is 24.7 Å². The molecule has 10 heteroatoms. The maximum absolute atomic E-state index is 13.9. The van der Waals surface area contributed by atoms with E-state index >= 15 is 0 Å². The molecule has 0 radical (unpaired) electrons. The number of hydrogen-bond acceptors (Lipinski definition) is 3. The molecule has 31 heavy (non-hydrogen) atoms. The van der Waals surface area contributed by atoms with Crippen LogP contribution >= 0.6 is 15.9 Å². The predicted octanol–water partition coefficient (Wildman–Crippen LogP) is 2.68. The Bertz CT molecular complexity index is 1150. The van der Waals surface area contributed by atoms with Gasteiger partial charge in [0.2, 0.25) is 0 Å². The first-order valence-corrected chi connectivity index (χ1v) is 11.0. The number of quaternary nitrogens is 1. The summed E-state index contributed by atoms with van der Waals surface area (Å²) in [5.74, 6) is -0.363. The molecule has 2 atom stereocenters. The van der Waals surface area contributed by atoms with Crippen molar-refractivity contribution in [1.82, 2.24) is 19.5 Å². The molecule has 6 nitrogen and oxygen atoms in total. The smallest absolute Gasteiger partial charge is 0.330 e. The summed E-state index contributed by atoms with van der Waals surface area (Å²) in [4.78, 5) is 20.8. The number of carbonyl (C=O) groups excluding carboxylic acids is 1. The Labute approximate surface area is 184 Å². The molecule has 162 valence electrons. The fourth-order valence-electron chi connectivity index (χ4n) is 4.59. The highest BCUT2D eigenvalue weighted by Gasteiger charge is 2.39. The molecular formula is C21H20BrF3N5O+. The number of amides is 1. The molecule has 1 aromatic carbocycles. The Morgan fingerprint density at radius 3 is 2.71 bits per heavy atom. The van der Waals surface area contributed by atoms with Gasteiger partial charge in [0, 0.05) is 18.4 Å². The van der Waals surface area contributed by atoms with E-state index < -0.39 is 11.9 Å². The number of alkyl halides is 3. The van der Waals surface area contributed by atoms with E-state index in [1.807, 2.05) is 0 Å². The average molecular weight is 495 g/mol. The number of benzene rings is 1. The van der Waals surface area contributed by atoms with Crippen LogP contribution in [0.3, 0.4) is 0 Å². The Morgan fingerprint density at radius 2 is 1.97 bits per heavy atom. The average Bonchev–Trinajstić information content (AvgIpc) is 3.36. The van der Waals surface area contributed by atoms with E-state index in [1.165, 1.54) is 4.90 Å². The zero-order chi connectivity index (χ0) is 21.8. The van der Waals surface area contributed by atoms with Gasteiger partial charge in [-0.15, -0.1) is 0 Å². The molecule has 0 bridgehead atoms. The van der Waals surface area contributed by atoms with Crippen LogP contribution in [0.15, 0.2) is 40.9 Å². The quantitative estimate of drug-likeness (QED) is 0.595. The lowest BCUT2D eigenvalue weighted by atomic mass is 10.1. The highest BCUT2D eigenvalue weighted by molar-refractivity contribution is 9.10. The van der Waals surface area contributed by atoms with Crippen LogP contribution in [-0.2, 0) is 6.18 Å². The van der Waals surface area contributed by atoms with Crippen LogP contribution in [0.25, 0.3) is 16.9 Å². The molecule has 5 rings (SSSR count). The predicted molar refractivity (Wildman–Crippen MR) is 111 cm³/mol. The van der Waals surface area contributed by atoms with Crippen molar-refractivity contribution in [2.75, 3.05) is 26.2 Å². The van der Waals surface area contributed by atoms with Crippen LogP contribution in [-0.4, -0.2) is 57.6 Å². The van der Waals surface area contributed by atoms with Crippen LogP contribution in [0.2, 0.25) is 0 Å². The molecule has 0 spiro atoms. The molecule has 2 unspecified atom stereocenters. The molecule has 4 heterocycles. The van der Waals surface area contributed by atoms with Crippen molar-refractivity contribution >= 4 is 27.5 Å². The first kappa shape index (κ1) is 20.4. The van der Waals surface area contributed by atoms with Crippen molar-refractivity contribution in [3.63, 3.8) is 0 Å². The highest BCUT2D eigenvalue weighted by atomic mass is 79.9. The van der Waals surface area contributed by atoms with E-state index in [2.05, 4.69) is 26.0 Å². The lowest BCUT2D eigenvalue weighted by molar-refractivity contribution is -0.916. The maximum atomic E-state index is 13.9. The number of fused-ring (bicyclic) bond motifs is 2. The second-order valence-electron chi connectivity index (χ2n) is 8.04. The maximum Gasteiger partial charge on any atom is 0.433 e. The molecular weight excluding hydrogens is 475 g/mol. The summed E-state index contributed by atoms with van der Waals surface area (Å²) in [6.45, 7) is 3.14. The summed E-state index contributed by atoms with van der Waals surface area (Å²) in [6.07, 6.45) is -2.46. The molecule has 2 fully saturated rings. The largest absolute Gasteiger partial charge is 0.433 e. The van der Waals surface area contributed by atoms with E-state index in [0.717, 1.165) is 36.5 Å². The van der Waals surface area contributed by atoms with Crippen LogP contribution in [0.4, 0.5) is 13.2 Å². The third kappa shape index (κ3) is 3.61. The molecule has 1 N–H and O–H groups in total. The Kier molecular flexibility index (Phi) is 5.01. The number of aromatic nitrogens is 3. The Balaban J connectivity index is 1.59. The molecule has 2 saturated heterocycles. The molecule has 3 aromatic rings. The fourth-order valence-corrected chi connectivity index (χ4v) is 5.10. The third-order valence-corrected chi connectivity index (χ3v) is 6.88. The van der Waals surface area contributed by atoms with Gasteiger partial charge in [-0.3, -0.25) is 4.79 Å². The van der Waals surface area contributed by atoms with Gasteiger partial charge in [0.05, 0.1) is 36.3 Å². The van der Waals surface area contributed by atoms with E-state index in [9.17, 15) is 18.0 Å². The minimum atomic E-state index is -4.66. The normalized spacial score (nSPS) is 21.5. The monoisotopic (exact) mass is 494 g/mol. The van der Waals surface area contributed by atoms with E-state index in [1.54, 1.807) is 35.2 Å². The Morgan fingerprint density at radius 1 is 1.19 bits per heavy atom. The van der Waals surface area contributed by atoms with Gasteiger partial charge in [-0.1, -0.05) is 30.3 Å². The van der Waals surface area contributed by atoms with E-state index in [4.69, 9.17) is 0 Å². The highest BCUT2D eigenvalue weighted by Crippen LogP contribution is 2.35. The number of halogens is 4. The van der Waals surface area contributed by atoms with Crippen molar-refractivity contribution < 1.29 is 22.9 Å². The van der Waals surface area contributed by atoms with Gasteiger partial charge < -0.3 is 9.80 Å². The van der Waals surface area contributed by atoms with Gasteiger partial charge in [-0.2, -0.15) is 18.3 Å². The number of hydrogen-bond donors (Lipinski definition) is 1.